The van der Waals surface area contributed by atoms with E-state index in [0.717, 1.165) is 43.2 Å². The van der Waals surface area contributed by atoms with E-state index in [1.807, 2.05) is 0 Å². The lowest BCUT2D eigenvalue weighted by atomic mass is 9.77. The van der Waals surface area contributed by atoms with E-state index in [1.165, 1.54) is 24.8 Å². The van der Waals surface area contributed by atoms with Crippen LogP contribution >= 0.6 is 24.8 Å². The number of hydrogen-bond acceptors (Lipinski definition) is 3. The Morgan fingerprint density at radius 2 is 1.43 bits per heavy atom. The molecule has 1 heterocycles. The summed E-state index contributed by atoms with van der Waals surface area (Å²) in [7, 11) is 0. The fourth-order valence-corrected chi connectivity index (χ4v) is 4.15. The molecule has 1 aliphatic carbocycles. The normalized spacial score (nSPS) is 19.5. The summed E-state index contributed by atoms with van der Waals surface area (Å²) in [5.74, 6) is 1.39. The molecule has 5 heteroatoms. The highest BCUT2D eigenvalue weighted by Gasteiger charge is 2.33. The summed E-state index contributed by atoms with van der Waals surface area (Å²) in [6.07, 6.45) is 4.04. The van der Waals surface area contributed by atoms with Gasteiger partial charge in [0.25, 0.3) is 0 Å². The van der Waals surface area contributed by atoms with Crippen LogP contribution in [0.15, 0.2) is 12.1 Å². The average molecular weight is 431 g/mol. The number of piperazine rings is 1. The zero-order valence-electron chi connectivity index (χ0n) is 18.5. The van der Waals surface area contributed by atoms with Crippen LogP contribution in [0.2, 0.25) is 0 Å². The van der Waals surface area contributed by atoms with Crippen LogP contribution in [0, 0.1) is 5.92 Å². The molecule has 1 aliphatic heterocycles. The third-order valence-electron chi connectivity index (χ3n) is 5.98. The minimum absolute atomic E-state index is 0. The second kappa shape index (κ2) is 9.55. The van der Waals surface area contributed by atoms with E-state index in [9.17, 15) is 5.11 Å². The average Bonchev–Trinajstić information content (AvgIpc) is 3.36. The molecule has 0 unspecified atom stereocenters. The fraction of sp³-hybridized carbons (Fsp3) is 0.739. The summed E-state index contributed by atoms with van der Waals surface area (Å²) in [6, 6.07) is 5.09. The van der Waals surface area contributed by atoms with Gasteiger partial charge in [-0.1, -0.05) is 54.4 Å². The van der Waals surface area contributed by atoms with Gasteiger partial charge < -0.3 is 10.4 Å². The molecular formula is C23H40Cl2N2O. The van der Waals surface area contributed by atoms with E-state index < -0.39 is 0 Å². The van der Waals surface area contributed by atoms with Crippen molar-refractivity contribution in [2.75, 3.05) is 26.2 Å². The van der Waals surface area contributed by atoms with Crippen molar-refractivity contribution in [2.24, 2.45) is 5.92 Å². The molecule has 1 aromatic rings. The van der Waals surface area contributed by atoms with Crippen molar-refractivity contribution in [3.63, 3.8) is 0 Å². The molecule has 0 bridgehead atoms. The summed E-state index contributed by atoms with van der Waals surface area (Å²) < 4.78 is 0. The molecule has 1 atom stereocenters. The summed E-state index contributed by atoms with van der Waals surface area (Å²) in [5.41, 5.74) is 3.47. The first-order valence-electron chi connectivity index (χ1n) is 10.4. The Bertz CT molecular complexity index is 604. The first kappa shape index (κ1) is 25.6. The van der Waals surface area contributed by atoms with Crippen LogP contribution in [0.25, 0.3) is 0 Å². The van der Waals surface area contributed by atoms with E-state index in [1.54, 1.807) is 0 Å². The third-order valence-corrected chi connectivity index (χ3v) is 5.98. The van der Waals surface area contributed by atoms with Crippen LogP contribution in [0.4, 0.5) is 0 Å². The maximum atomic E-state index is 11.0. The summed E-state index contributed by atoms with van der Waals surface area (Å²) in [6.45, 7) is 17.6. The highest BCUT2D eigenvalue weighted by atomic mass is 35.5. The van der Waals surface area contributed by atoms with Crippen molar-refractivity contribution in [3.05, 3.63) is 28.8 Å². The van der Waals surface area contributed by atoms with E-state index in [-0.39, 0.29) is 35.6 Å². The molecule has 3 nitrogen and oxygen atoms in total. The number of aromatic hydroxyl groups is 1. The van der Waals surface area contributed by atoms with Crippen molar-refractivity contribution >= 4 is 24.8 Å². The molecule has 0 amide bonds. The fourth-order valence-electron chi connectivity index (χ4n) is 4.15. The van der Waals surface area contributed by atoms with Gasteiger partial charge in [0.15, 0.2) is 0 Å². The SMILES string of the molecule is CC(C)(C)c1cc([C@H](CC2CC2)N2CCNCC2)cc(C(C)(C)C)c1O.Cl.Cl. The first-order valence-corrected chi connectivity index (χ1v) is 10.4. The van der Waals surface area contributed by atoms with Crippen LogP contribution in [-0.4, -0.2) is 36.2 Å². The van der Waals surface area contributed by atoms with Crippen molar-refractivity contribution in [1.82, 2.24) is 10.2 Å². The maximum Gasteiger partial charge on any atom is 0.123 e. The van der Waals surface area contributed by atoms with Gasteiger partial charge in [-0.05, 0) is 52.0 Å². The summed E-state index contributed by atoms with van der Waals surface area (Å²) >= 11 is 0. The smallest absolute Gasteiger partial charge is 0.123 e. The third kappa shape index (κ3) is 6.01. The van der Waals surface area contributed by atoms with E-state index in [2.05, 4.69) is 63.9 Å². The molecule has 1 aromatic carbocycles. The van der Waals surface area contributed by atoms with Gasteiger partial charge in [0.2, 0.25) is 0 Å². The molecule has 1 saturated carbocycles. The number of phenolic OH excluding ortho intramolecular Hbond substituents is 1. The molecule has 2 N–H and O–H groups in total. The van der Waals surface area contributed by atoms with Gasteiger partial charge in [0.05, 0.1) is 0 Å². The van der Waals surface area contributed by atoms with E-state index >= 15 is 0 Å². The second-order valence-electron chi connectivity index (χ2n) is 10.4. The van der Waals surface area contributed by atoms with Crippen molar-refractivity contribution < 1.29 is 5.11 Å². The number of hydrogen-bond donors (Lipinski definition) is 2. The molecule has 2 aliphatic rings. The Hall–Kier alpha value is -0.480. The quantitative estimate of drug-likeness (QED) is 0.654. The summed E-state index contributed by atoms with van der Waals surface area (Å²) in [4.78, 5) is 2.67. The minimum atomic E-state index is -0.0618. The molecule has 3 rings (SSSR count). The number of rotatable bonds is 4. The summed E-state index contributed by atoms with van der Waals surface area (Å²) in [5, 5.41) is 14.5. The topological polar surface area (TPSA) is 35.5 Å². The number of phenols is 1. The Morgan fingerprint density at radius 3 is 1.82 bits per heavy atom. The second-order valence-corrected chi connectivity index (χ2v) is 10.4. The lowest BCUT2D eigenvalue weighted by Crippen LogP contribution is -2.45. The lowest BCUT2D eigenvalue weighted by molar-refractivity contribution is 0.160. The largest absolute Gasteiger partial charge is 0.507 e. The number of nitrogens with zero attached hydrogens (tertiary/aromatic N) is 1. The van der Waals surface area contributed by atoms with E-state index in [0.29, 0.717) is 11.8 Å². The zero-order valence-corrected chi connectivity index (χ0v) is 20.1. The Labute approximate surface area is 184 Å². The van der Waals surface area contributed by atoms with Crippen molar-refractivity contribution in [2.45, 2.75) is 77.7 Å². The van der Waals surface area contributed by atoms with Gasteiger partial charge >= 0.3 is 0 Å². The van der Waals surface area contributed by atoms with Crippen LogP contribution in [0.3, 0.4) is 0 Å². The maximum absolute atomic E-state index is 11.0. The highest BCUT2D eigenvalue weighted by Crippen LogP contribution is 2.45. The Kier molecular flexibility index (Phi) is 8.72. The predicted molar refractivity (Wildman–Crippen MR) is 125 cm³/mol. The van der Waals surface area contributed by atoms with Gasteiger partial charge in [0, 0.05) is 32.2 Å². The van der Waals surface area contributed by atoms with Gasteiger partial charge in [0.1, 0.15) is 5.75 Å². The standard InChI is InChI=1S/C23H38N2O.2ClH/c1-22(2,3)18-14-17(15-19(21(18)26)23(4,5)6)20(13-16-7-8-16)25-11-9-24-10-12-25;;/h14-16,20,24,26H,7-13H2,1-6H3;2*1H/t20-;;/m0../s1. The van der Waals surface area contributed by atoms with Gasteiger partial charge in [-0.2, -0.15) is 0 Å². The lowest BCUT2D eigenvalue weighted by Gasteiger charge is -2.37. The van der Waals surface area contributed by atoms with Crippen LogP contribution in [-0.2, 0) is 10.8 Å². The first-order chi connectivity index (χ1) is 12.1. The monoisotopic (exact) mass is 430 g/mol. The molecule has 0 radical (unpaired) electrons. The highest BCUT2D eigenvalue weighted by molar-refractivity contribution is 5.85. The Morgan fingerprint density at radius 1 is 0.964 bits per heavy atom. The van der Waals surface area contributed by atoms with Crippen LogP contribution in [0.1, 0.15) is 83.5 Å². The zero-order chi connectivity index (χ0) is 19.1. The van der Waals surface area contributed by atoms with Crippen molar-refractivity contribution in [1.29, 1.82) is 0 Å². The molecule has 162 valence electrons. The predicted octanol–water partition coefficient (Wildman–Crippen LogP) is 5.58. The molecular weight excluding hydrogens is 391 g/mol. The molecule has 28 heavy (non-hydrogen) atoms. The molecule has 1 saturated heterocycles. The molecule has 2 fully saturated rings. The van der Waals surface area contributed by atoms with Crippen LogP contribution in [0.5, 0.6) is 5.75 Å². The molecule has 0 aromatic heterocycles. The number of nitrogens with one attached hydrogen (secondary N) is 1. The van der Waals surface area contributed by atoms with E-state index in [4.69, 9.17) is 0 Å². The van der Waals surface area contributed by atoms with Crippen LogP contribution < -0.4 is 5.32 Å². The Balaban J connectivity index is 0.00000196. The molecule has 0 spiro atoms. The number of halogens is 2. The number of benzene rings is 1. The van der Waals surface area contributed by atoms with Gasteiger partial charge in [-0.3, -0.25) is 4.90 Å². The minimum Gasteiger partial charge on any atom is -0.507 e. The van der Waals surface area contributed by atoms with Crippen molar-refractivity contribution in [3.8, 4) is 5.75 Å². The van der Waals surface area contributed by atoms with Gasteiger partial charge in [-0.25, -0.2) is 0 Å². The van der Waals surface area contributed by atoms with Gasteiger partial charge in [-0.15, -0.1) is 24.8 Å².